The number of nitrogens with two attached hydrogens (primary N) is 1. The van der Waals surface area contributed by atoms with Crippen molar-refractivity contribution in [3.8, 4) is 5.75 Å². The maximum Gasteiger partial charge on any atom is 0.237 e. The van der Waals surface area contributed by atoms with Gasteiger partial charge in [0.05, 0.1) is 30.3 Å². The maximum atomic E-state index is 12.3. The lowest BCUT2D eigenvalue weighted by molar-refractivity contribution is -0.126. The normalized spacial score (nSPS) is 12.5. The molecule has 0 radical (unpaired) electrons. The Morgan fingerprint density at radius 2 is 1.94 bits per heavy atom. The van der Waals surface area contributed by atoms with Gasteiger partial charge in [-0.3, -0.25) is 19.5 Å². The Morgan fingerprint density at radius 3 is 2.59 bits per heavy atom. The fourth-order valence-corrected chi connectivity index (χ4v) is 3.39. The van der Waals surface area contributed by atoms with Gasteiger partial charge in [-0.15, -0.1) is 0 Å². The van der Waals surface area contributed by atoms with Gasteiger partial charge >= 0.3 is 0 Å². The number of carbonyl (C=O) groups excluding carboxylic acids is 3. The van der Waals surface area contributed by atoms with Crippen LogP contribution >= 0.6 is 0 Å². The molecule has 180 valence electrons. The molecule has 0 heterocycles. The van der Waals surface area contributed by atoms with Crippen LogP contribution in [0.3, 0.4) is 0 Å². The monoisotopic (exact) mass is 465 g/mol. The van der Waals surface area contributed by atoms with E-state index in [4.69, 9.17) is 10.6 Å². The minimum absolute atomic E-state index is 0.197. The molecule has 9 heteroatoms. The summed E-state index contributed by atoms with van der Waals surface area (Å²) in [6, 6.07) is 14.1. The summed E-state index contributed by atoms with van der Waals surface area (Å²) in [5.74, 6) is 5.83. The summed E-state index contributed by atoms with van der Waals surface area (Å²) in [5, 5.41) is 6.40. The molecule has 0 fully saturated rings. The zero-order valence-corrected chi connectivity index (χ0v) is 19.5. The fourth-order valence-electron chi connectivity index (χ4n) is 3.39. The summed E-state index contributed by atoms with van der Waals surface area (Å²) >= 11 is 0. The topological polar surface area (TPSA) is 126 Å². The third-order valence-electron chi connectivity index (χ3n) is 5.24. The van der Waals surface area contributed by atoms with Crippen molar-refractivity contribution in [2.45, 2.75) is 31.8 Å². The van der Waals surface area contributed by atoms with Gasteiger partial charge in [-0.25, -0.2) is 0 Å². The van der Waals surface area contributed by atoms with Crippen LogP contribution in [0.4, 0.5) is 5.69 Å². The van der Waals surface area contributed by atoms with Crippen LogP contribution < -0.4 is 15.9 Å². The van der Waals surface area contributed by atoms with Crippen LogP contribution in [0.5, 0.6) is 5.75 Å². The molecule has 9 nitrogen and oxygen atoms in total. The van der Waals surface area contributed by atoms with E-state index in [0.717, 1.165) is 18.3 Å². The van der Waals surface area contributed by atoms with Gasteiger partial charge in [-0.2, -0.15) is 5.10 Å². The fraction of sp³-hybridized carbons (Fsp3) is 0.320. The molecule has 0 saturated heterocycles. The van der Waals surface area contributed by atoms with Gasteiger partial charge in [0.25, 0.3) is 0 Å². The molecule has 2 aromatic rings. The first-order chi connectivity index (χ1) is 16.5. The Labute approximate surface area is 199 Å². The third-order valence-corrected chi connectivity index (χ3v) is 5.24. The van der Waals surface area contributed by atoms with Gasteiger partial charge in [0.1, 0.15) is 12.0 Å². The number of ether oxygens (including phenoxy) is 1. The largest absolute Gasteiger partial charge is 0.493 e. The zero-order chi connectivity index (χ0) is 24.8. The molecule has 0 aliphatic heterocycles. The zero-order valence-electron chi connectivity index (χ0n) is 19.5. The minimum atomic E-state index is -0.520. The Bertz CT molecular complexity index is 1010. The number of hydrazone groups is 1. The number of benzene rings is 2. The Hall–Kier alpha value is -3.85. The number of rotatable bonds is 14. The van der Waals surface area contributed by atoms with Gasteiger partial charge in [-0.1, -0.05) is 30.3 Å². The Kier molecular flexibility index (Phi) is 11.1. The van der Waals surface area contributed by atoms with Crippen molar-refractivity contribution in [1.82, 2.24) is 10.2 Å². The van der Waals surface area contributed by atoms with Gasteiger partial charge in [0.15, 0.2) is 6.29 Å². The summed E-state index contributed by atoms with van der Waals surface area (Å²) in [4.78, 5) is 41.0. The summed E-state index contributed by atoms with van der Waals surface area (Å²) in [7, 11) is 3.32. The lowest BCUT2D eigenvalue weighted by atomic mass is 10.0. The quantitative estimate of drug-likeness (QED) is 0.191. The van der Waals surface area contributed by atoms with E-state index in [1.54, 1.807) is 43.4 Å². The molecular weight excluding hydrogens is 434 g/mol. The Morgan fingerprint density at radius 1 is 1.18 bits per heavy atom. The standard InChI is InChI=1S/C25H31N5O4/c1-27-25(33)23(11-7-14-31)30(2)17-22-19(18-32)8-6-12-24(22)34-15-13-21(29-26)16-28-20-9-4-3-5-10-20/h3-6,8-10,12,14,16,18,23H,7,11,13,15,17,26H2,1-2H3,(H,27,33). The van der Waals surface area contributed by atoms with Crippen LogP contribution in [0, 0.1) is 0 Å². The molecular formula is C25H31N5O4. The van der Waals surface area contributed by atoms with E-state index in [1.807, 2.05) is 30.3 Å². The third kappa shape index (κ3) is 7.93. The molecule has 34 heavy (non-hydrogen) atoms. The lowest BCUT2D eigenvalue weighted by Gasteiger charge is -2.27. The van der Waals surface area contributed by atoms with Crippen LogP contribution in [0.15, 0.2) is 58.6 Å². The average Bonchev–Trinajstić information content (AvgIpc) is 2.87. The van der Waals surface area contributed by atoms with Crippen molar-refractivity contribution in [1.29, 1.82) is 0 Å². The van der Waals surface area contributed by atoms with Crippen molar-refractivity contribution in [3.05, 3.63) is 59.7 Å². The van der Waals surface area contributed by atoms with Crippen molar-refractivity contribution in [3.63, 3.8) is 0 Å². The van der Waals surface area contributed by atoms with Crippen molar-refractivity contribution in [2.24, 2.45) is 15.9 Å². The number of nitrogens with zero attached hydrogens (tertiary/aromatic N) is 3. The summed E-state index contributed by atoms with van der Waals surface area (Å²) in [6.45, 7) is 0.550. The van der Waals surface area contributed by atoms with Crippen LogP contribution in [-0.4, -0.2) is 62.0 Å². The first-order valence-electron chi connectivity index (χ1n) is 10.9. The molecule has 1 atom stereocenters. The number of aldehydes is 2. The number of nitrogens with one attached hydrogen (secondary N) is 1. The molecule has 0 aromatic heterocycles. The second kappa shape index (κ2) is 14.3. The molecule has 2 rings (SSSR count). The summed E-state index contributed by atoms with van der Waals surface area (Å²) < 4.78 is 5.97. The van der Waals surface area contributed by atoms with Gasteiger partial charge in [-0.05, 0) is 31.7 Å². The Balaban J connectivity index is 2.11. The number of carbonyl (C=O) groups is 3. The van der Waals surface area contributed by atoms with Gasteiger partial charge in [0, 0.05) is 37.6 Å². The van der Waals surface area contributed by atoms with Crippen LogP contribution in [-0.2, 0) is 16.1 Å². The molecule has 2 aromatic carbocycles. The SMILES string of the molecule is CNC(=O)C(CCC=O)N(C)Cc1c(C=O)cccc1OCCC(C=Nc1ccccc1)=NN. The highest BCUT2D eigenvalue weighted by atomic mass is 16.5. The first-order valence-corrected chi connectivity index (χ1v) is 10.9. The van der Waals surface area contributed by atoms with E-state index in [9.17, 15) is 14.4 Å². The number of likely N-dealkylation sites (N-methyl/N-ethyl adjacent to an activating group) is 2. The smallest absolute Gasteiger partial charge is 0.237 e. The van der Waals surface area contributed by atoms with Gasteiger partial charge in [0.2, 0.25) is 5.91 Å². The van der Waals surface area contributed by atoms with E-state index >= 15 is 0 Å². The van der Waals surface area contributed by atoms with E-state index in [0.29, 0.717) is 35.4 Å². The van der Waals surface area contributed by atoms with Crippen LogP contribution in [0.2, 0.25) is 0 Å². The average molecular weight is 466 g/mol. The highest BCUT2D eigenvalue weighted by Crippen LogP contribution is 2.25. The van der Waals surface area contributed by atoms with E-state index < -0.39 is 6.04 Å². The van der Waals surface area contributed by atoms with E-state index in [1.165, 1.54) is 0 Å². The molecule has 1 unspecified atom stereocenters. The highest BCUT2D eigenvalue weighted by Gasteiger charge is 2.24. The maximum absolute atomic E-state index is 12.3. The second-order valence-electron chi connectivity index (χ2n) is 7.54. The molecule has 1 amide bonds. The number of aliphatic imine (C=N–C) groups is 1. The molecule has 0 bridgehead atoms. The lowest BCUT2D eigenvalue weighted by Crippen LogP contribution is -2.43. The summed E-state index contributed by atoms with van der Waals surface area (Å²) in [5.41, 5.74) is 2.47. The number of hydrogen-bond acceptors (Lipinski definition) is 8. The number of amides is 1. The predicted octanol–water partition coefficient (Wildman–Crippen LogP) is 2.51. The minimum Gasteiger partial charge on any atom is -0.493 e. The number of para-hydroxylation sites is 1. The van der Waals surface area contributed by atoms with E-state index in [-0.39, 0.29) is 25.5 Å². The predicted molar refractivity (Wildman–Crippen MR) is 133 cm³/mol. The van der Waals surface area contributed by atoms with Crippen LogP contribution in [0.1, 0.15) is 35.2 Å². The van der Waals surface area contributed by atoms with E-state index in [2.05, 4.69) is 15.4 Å². The van der Waals surface area contributed by atoms with Gasteiger partial charge < -0.3 is 20.7 Å². The molecule has 3 N–H and O–H groups in total. The first kappa shape index (κ1) is 26.4. The van der Waals surface area contributed by atoms with Crippen molar-refractivity contribution >= 4 is 36.1 Å². The molecule has 0 saturated carbocycles. The summed E-state index contributed by atoms with van der Waals surface area (Å²) in [6.07, 6.45) is 4.18. The van der Waals surface area contributed by atoms with Crippen molar-refractivity contribution < 1.29 is 19.1 Å². The second-order valence-corrected chi connectivity index (χ2v) is 7.54. The molecule has 0 aliphatic rings. The van der Waals surface area contributed by atoms with Crippen molar-refractivity contribution in [2.75, 3.05) is 20.7 Å². The van der Waals surface area contributed by atoms with Crippen LogP contribution in [0.25, 0.3) is 0 Å². The highest BCUT2D eigenvalue weighted by molar-refractivity contribution is 6.31. The molecule has 0 spiro atoms. The molecule has 0 aliphatic carbocycles. The number of hydrogen-bond donors (Lipinski definition) is 2.